The maximum absolute atomic E-state index is 13.1. The maximum Gasteiger partial charge on any atom is 0.226 e. The van der Waals surface area contributed by atoms with E-state index in [1.165, 1.54) is 5.56 Å². The fourth-order valence-electron chi connectivity index (χ4n) is 4.91. The zero-order chi connectivity index (χ0) is 23.4. The van der Waals surface area contributed by atoms with Crippen molar-refractivity contribution < 1.29 is 14.3 Å². The number of aryl methyl sites for hydroxylation is 1. The fourth-order valence-corrected chi connectivity index (χ4v) is 4.91. The maximum atomic E-state index is 13.1. The lowest BCUT2D eigenvalue weighted by Crippen LogP contribution is -2.47. The van der Waals surface area contributed by atoms with Crippen LogP contribution in [0, 0.1) is 12.8 Å². The van der Waals surface area contributed by atoms with Crippen LogP contribution in [0.25, 0.3) is 10.9 Å². The van der Waals surface area contributed by atoms with Crippen molar-refractivity contribution >= 4 is 22.8 Å². The van der Waals surface area contributed by atoms with E-state index in [0.717, 1.165) is 74.4 Å². The van der Waals surface area contributed by atoms with Gasteiger partial charge in [0.1, 0.15) is 0 Å². The van der Waals surface area contributed by atoms with Crippen LogP contribution in [-0.2, 0) is 14.3 Å². The minimum Gasteiger partial charge on any atom is -0.382 e. The summed E-state index contributed by atoms with van der Waals surface area (Å²) in [5.74, 6) is 1.68. The molecular formula is C26H38N4O3. The van der Waals surface area contributed by atoms with Gasteiger partial charge >= 0.3 is 0 Å². The highest BCUT2D eigenvalue weighted by molar-refractivity contribution is 5.83. The Labute approximate surface area is 197 Å². The van der Waals surface area contributed by atoms with Gasteiger partial charge in [-0.3, -0.25) is 4.79 Å². The molecule has 0 spiro atoms. The molecule has 0 bridgehead atoms. The Bertz CT molecular complexity index is 948. The second kappa shape index (κ2) is 10.8. The quantitative estimate of drug-likeness (QED) is 0.591. The number of hydrogen-bond acceptors (Lipinski definition) is 6. The van der Waals surface area contributed by atoms with Crippen molar-refractivity contribution in [3.63, 3.8) is 0 Å². The minimum atomic E-state index is 0.0994. The van der Waals surface area contributed by atoms with E-state index in [1.54, 1.807) is 7.11 Å². The van der Waals surface area contributed by atoms with Crippen molar-refractivity contribution in [3.8, 4) is 0 Å². The van der Waals surface area contributed by atoms with Gasteiger partial charge in [-0.2, -0.15) is 0 Å². The molecule has 2 fully saturated rings. The lowest BCUT2D eigenvalue weighted by Gasteiger charge is -2.37. The Hall–Kier alpha value is -2.25. The Morgan fingerprint density at radius 2 is 1.79 bits per heavy atom. The van der Waals surface area contributed by atoms with Crippen molar-refractivity contribution in [1.82, 2.24) is 14.9 Å². The highest BCUT2D eigenvalue weighted by Gasteiger charge is 2.31. The summed E-state index contributed by atoms with van der Waals surface area (Å²) < 4.78 is 10.9. The van der Waals surface area contributed by atoms with Gasteiger partial charge in [0.2, 0.25) is 11.9 Å². The molecule has 4 rings (SSSR count). The van der Waals surface area contributed by atoms with Gasteiger partial charge in [-0.1, -0.05) is 19.9 Å². The van der Waals surface area contributed by atoms with Crippen molar-refractivity contribution in [2.75, 3.05) is 51.4 Å². The third-order valence-electron chi connectivity index (χ3n) is 7.09. The first kappa shape index (κ1) is 23.9. The van der Waals surface area contributed by atoms with Gasteiger partial charge < -0.3 is 19.3 Å². The summed E-state index contributed by atoms with van der Waals surface area (Å²) in [7, 11) is 1.69. The molecule has 2 aliphatic rings. The lowest BCUT2D eigenvalue weighted by atomic mass is 9.94. The van der Waals surface area contributed by atoms with E-state index in [0.29, 0.717) is 25.0 Å². The van der Waals surface area contributed by atoms with Crippen LogP contribution in [0.5, 0.6) is 0 Å². The highest BCUT2D eigenvalue weighted by atomic mass is 16.5. The predicted molar refractivity (Wildman–Crippen MR) is 131 cm³/mol. The SMILES string of the molecule is COCCOC1CCN(C(=O)C2CCN(c3nc(C)c4cc(C(C)C)ccc4n3)CC2)CC1. The van der Waals surface area contributed by atoms with Crippen LogP contribution in [0.2, 0.25) is 0 Å². The largest absolute Gasteiger partial charge is 0.382 e. The van der Waals surface area contributed by atoms with E-state index in [-0.39, 0.29) is 12.0 Å². The van der Waals surface area contributed by atoms with Gasteiger partial charge in [-0.25, -0.2) is 9.97 Å². The monoisotopic (exact) mass is 454 g/mol. The molecule has 3 heterocycles. The van der Waals surface area contributed by atoms with Crippen LogP contribution in [0.15, 0.2) is 18.2 Å². The molecule has 0 unspecified atom stereocenters. The number of likely N-dealkylation sites (tertiary alicyclic amines) is 1. The zero-order valence-corrected chi connectivity index (χ0v) is 20.5. The van der Waals surface area contributed by atoms with Crippen LogP contribution in [0.1, 0.15) is 56.7 Å². The van der Waals surface area contributed by atoms with Gasteiger partial charge in [0.05, 0.1) is 30.5 Å². The molecule has 0 aliphatic carbocycles. The van der Waals surface area contributed by atoms with Crippen LogP contribution in [-0.4, -0.2) is 73.4 Å². The van der Waals surface area contributed by atoms with E-state index in [1.807, 2.05) is 4.90 Å². The molecule has 2 saturated heterocycles. The van der Waals surface area contributed by atoms with Crippen molar-refractivity contribution in [1.29, 1.82) is 0 Å². The number of carbonyl (C=O) groups excluding carboxylic acids is 1. The van der Waals surface area contributed by atoms with Crippen LogP contribution >= 0.6 is 0 Å². The summed E-state index contributed by atoms with van der Waals surface area (Å²) >= 11 is 0. The average molecular weight is 455 g/mol. The number of hydrogen-bond donors (Lipinski definition) is 0. The van der Waals surface area contributed by atoms with Crippen molar-refractivity contribution in [3.05, 3.63) is 29.5 Å². The molecule has 0 N–H and O–H groups in total. The second-order valence-corrected chi connectivity index (χ2v) is 9.69. The highest BCUT2D eigenvalue weighted by Crippen LogP contribution is 2.28. The normalized spacial score (nSPS) is 18.5. The number of anilines is 1. The summed E-state index contributed by atoms with van der Waals surface area (Å²) in [5, 5.41) is 1.13. The third kappa shape index (κ3) is 5.64. The zero-order valence-electron chi connectivity index (χ0n) is 20.5. The molecule has 2 aromatic rings. The van der Waals surface area contributed by atoms with E-state index >= 15 is 0 Å². The molecule has 7 heteroatoms. The first-order valence-corrected chi connectivity index (χ1v) is 12.4. The Kier molecular flexibility index (Phi) is 7.81. The van der Waals surface area contributed by atoms with Crippen LogP contribution < -0.4 is 4.90 Å². The average Bonchev–Trinajstić information content (AvgIpc) is 2.84. The molecule has 1 aromatic heterocycles. The smallest absolute Gasteiger partial charge is 0.226 e. The molecule has 180 valence electrons. The number of aromatic nitrogens is 2. The number of ether oxygens (including phenoxy) is 2. The molecule has 0 radical (unpaired) electrons. The molecule has 7 nitrogen and oxygen atoms in total. The number of carbonyl (C=O) groups is 1. The molecule has 2 aliphatic heterocycles. The molecule has 0 atom stereocenters. The van der Waals surface area contributed by atoms with E-state index in [9.17, 15) is 4.79 Å². The molecule has 1 aromatic carbocycles. The number of piperidine rings is 2. The van der Waals surface area contributed by atoms with Gasteiger partial charge in [0, 0.05) is 44.6 Å². The summed E-state index contributed by atoms with van der Waals surface area (Å²) in [5.41, 5.74) is 3.33. The van der Waals surface area contributed by atoms with E-state index in [2.05, 4.69) is 43.9 Å². The number of fused-ring (bicyclic) bond motifs is 1. The molecule has 0 saturated carbocycles. The summed E-state index contributed by atoms with van der Waals surface area (Å²) in [4.78, 5) is 27.1. The first-order valence-electron chi connectivity index (χ1n) is 12.4. The summed E-state index contributed by atoms with van der Waals surface area (Å²) in [6.45, 7) is 11.0. The van der Waals surface area contributed by atoms with E-state index < -0.39 is 0 Å². The predicted octanol–water partition coefficient (Wildman–Crippen LogP) is 3.93. The number of rotatable bonds is 7. The number of benzene rings is 1. The van der Waals surface area contributed by atoms with Crippen LogP contribution in [0.3, 0.4) is 0 Å². The van der Waals surface area contributed by atoms with E-state index in [4.69, 9.17) is 19.4 Å². The summed E-state index contributed by atoms with van der Waals surface area (Å²) in [6, 6.07) is 6.50. The summed E-state index contributed by atoms with van der Waals surface area (Å²) in [6.07, 6.45) is 3.79. The Balaban J connectivity index is 1.32. The number of nitrogens with zero attached hydrogens (tertiary/aromatic N) is 4. The number of methoxy groups -OCH3 is 1. The molecule has 33 heavy (non-hydrogen) atoms. The third-order valence-corrected chi connectivity index (χ3v) is 7.09. The molecular weight excluding hydrogens is 416 g/mol. The van der Waals surface area contributed by atoms with Gasteiger partial charge in [-0.05, 0) is 56.2 Å². The number of amides is 1. The van der Waals surface area contributed by atoms with Gasteiger partial charge in [0.15, 0.2) is 0 Å². The Morgan fingerprint density at radius 1 is 1.06 bits per heavy atom. The Morgan fingerprint density at radius 3 is 2.45 bits per heavy atom. The van der Waals surface area contributed by atoms with Gasteiger partial charge in [0.25, 0.3) is 0 Å². The minimum absolute atomic E-state index is 0.0994. The van der Waals surface area contributed by atoms with Crippen LogP contribution in [0.4, 0.5) is 5.95 Å². The van der Waals surface area contributed by atoms with Gasteiger partial charge in [-0.15, -0.1) is 0 Å². The molecule has 1 amide bonds. The van der Waals surface area contributed by atoms with Crippen molar-refractivity contribution in [2.24, 2.45) is 5.92 Å². The first-order chi connectivity index (χ1) is 16.0. The van der Waals surface area contributed by atoms with Crippen molar-refractivity contribution in [2.45, 2.75) is 58.5 Å². The fraction of sp³-hybridized carbons (Fsp3) is 0.654. The standard InChI is InChI=1S/C26H38N4O3/c1-18(2)21-5-6-24-23(17-21)19(3)27-26(28-24)30-11-7-20(8-12-30)25(31)29-13-9-22(10-14-29)33-16-15-32-4/h5-6,17-18,20,22H,7-16H2,1-4H3. The second-order valence-electron chi connectivity index (χ2n) is 9.69. The lowest BCUT2D eigenvalue weighted by molar-refractivity contribution is -0.139. The topological polar surface area (TPSA) is 67.8 Å².